The normalized spacial score (nSPS) is 16.2. The maximum atomic E-state index is 13.7. The van der Waals surface area contributed by atoms with Gasteiger partial charge in [-0.3, -0.25) is 37.9 Å². The highest BCUT2D eigenvalue weighted by atomic mass is 79.9. The van der Waals surface area contributed by atoms with Crippen molar-refractivity contribution in [2.45, 2.75) is 111 Å². The Labute approximate surface area is 594 Å². The summed E-state index contributed by atoms with van der Waals surface area (Å²) in [5.74, 6) is -0.758. The fourth-order valence-electron chi connectivity index (χ4n) is 13.6. The van der Waals surface area contributed by atoms with E-state index in [-0.39, 0.29) is 60.3 Å². The second-order valence-electron chi connectivity index (χ2n) is 25.2. The van der Waals surface area contributed by atoms with Crippen LogP contribution in [0.1, 0.15) is 111 Å². The molecule has 12 heterocycles. The van der Waals surface area contributed by atoms with E-state index in [1.54, 1.807) is 72.8 Å². The van der Waals surface area contributed by atoms with Crippen molar-refractivity contribution in [2.24, 2.45) is 35.2 Å². The summed E-state index contributed by atoms with van der Waals surface area (Å²) < 4.78 is 54.3. The van der Waals surface area contributed by atoms with Crippen molar-refractivity contribution >= 4 is 105 Å². The molecular formula is C72H74Br2N16O11. The predicted molar refractivity (Wildman–Crippen MR) is 386 cm³/mol. The quantitative estimate of drug-likeness (QED) is 0.105. The van der Waals surface area contributed by atoms with Gasteiger partial charge in [-0.05, 0) is 157 Å². The van der Waals surface area contributed by atoms with Crippen molar-refractivity contribution in [1.82, 2.24) is 68.0 Å². The van der Waals surface area contributed by atoms with Gasteiger partial charge in [0.15, 0.2) is 27.9 Å². The van der Waals surface area contributed by atoms with Gasteiger partial charge in [-0.25, -0.2) is 19.2 Å². The van der Waals surface area contributed by atoms with Crippen LogP contribution in [0.5, 0.6) is 0 Å². The van der Waals surface area contributed by atoms with E-state index in [0.717, 1.165) is 96.7 Å². The maximum Gasteiger partial charge on any atom is 0.411 e. The Balaban J connectivity index is 0.000000137. The fourth-order valence-corrected chi connectivity index (χ4v) is 14.6. The first-order valence-electron chi connectivity index (χ1n) is 33.3. The molecule has 29 heteroatoms. The molecule has 0 aliphatic carbocycles. The summed E-state index contributed by atoms with van der Waals surface area (Å²) in [6.45, 7) is 15.0. The molecule has 27 nitrogen and oxygen atoms in total. The van der Waals surface area contributed by atoms with Gasteiger partial charge in [0.05, 0.1) is 70.9 Å². The largest absolute Gasteiger partial charge is 0.460 e. The first-order valence-corrected chi connectivity index (χ1v) is 34.8. The monoisotopic (exact) mass is 1500 g/mol. The van der Waals surface area contributed by atoms with Gasteiger partial charge in [0.25, 0.3) is 0 Å². The minimum absolute atomic E-state index is 0.0307. The van der Waals surface area contributed by atoms with Crippen molar-refractivity contribution < 1.29 is 41.8 Å². The number of anilines is 1. The molecular weight excluding hydrogens is 1420 g/mol. The van der Waals surface area contributed by atoms with Gasteiger partial charge in [-0.2, -0.15) is 40.7 Å². The Morgan fingerprint density at radius 1 is 0.554 bits per heavy atom. The van der Waals surface area contributed by atoms with Crippen LogP contribution in [0.15, 0.2) is 112 Å². The lowest BCUT2D eigenvalue weighted by Gasteiger charge is -2.30. The van der Waals surface area contributed by atoms with Crippen LogP contribution in [0, 0.1) is 32.1 Å². The average molecular weight is 1500 g/mol. The molecule has 0 spiro atoms. The van der Waals surface area contributed by atoms with Gasteiger partial charge in [0, 0.05) is 135 Å². The Kier molecular flexibility index (Phi) is 19.5. The molecule has 2 aliphatic heterocycles. The number of halogens is 2. The molecule has 10 aromatic heterocycles. The number of carbonyl (C=O) groups excluding carboxylic acids is 2. The minimum Gasteiger partial charge on any atom is -0.460 e. The molecule has 2 aliphatic rings. The highest BCUT2D eigenvalue weighted by Crippen LogP contribution is 2.46. The molecule has 15 rings (SSSR count). The number of aryl methyl sites for hydroxylation is 5. The first-order chi connectivity index (χ1) is 48.6. The first kappa shape index (κ1) is 69.2. The second kappa shape index (κ2) is 28.4. The number of carbonyl (C=O) groups is 2. The number of nitriles is 1. The van der Waals surface area contributed by atoms with Crippen LogP contribution in [0.25, 0.3) is 111 Å². The molecule has 0 unspecified atom stereocenters. The Bertz CT molecular complexity index is 5550. The molecule has 101 heavy (non-hydrogen) atoms. The zero-order valence-electron chi connectivity index (χ0n) is 57.8. The SMILES string of the molecule is CCOC(=O)Nc1c(C(=O)OCC)oc2c(Br)c(C)c(-c3cnn(C)c3)cc12.CC[C@H]1C[C@@H](n2c(=O)nc(-c3cnn(C)c3)c3oc4c(Br)c(C)c(-c5cnn(C)c5)cc4c32)CCO1.CC[C@H]1C[C@@H](n2c(=O)nc(-c3cnn(C)c3)c3oc4c(C#N)c(C)c(-c5cnn(C)c5)cc4c32)CCO1. The predicted octanol–water partition coefficient (Wildman–Crippen LogP) is 14.0. The van der Waals surface area contributed by atoms with Gasteiger partial charge >= 0.3 is 23.4 Å². The van der Waals surface area contributed by atoms with Crippen LogP contribution in [0.2, 0.25) is 0 Å². The summed E-state index contributed by atoms with van der Waals surface area (Å²) in [5, 5.41) is 36.4. The number of furan rings is 3. The molecule has 522 valence electrons. The summed E-state index contributed by atoms with van der Waals surface area (Å²) in [6.07, 6.45) is 22.3. The topological polar surface area (TPSA) is 305 Å². The van der Waals surface area contributed by atoms with Gasteiger partial charge in [0.2, 0.25) is 5.76 Å². The summed E-state index contributed by atoms with van der Waals surface area (Å²) in [5.41, 5.74) is 14.7. The van der Waals surface area contributed by atoms with E-state index in [0.29, 0.717) is 97.2 Å². The number of nitrogens with one attached hydrogen (secondary N) is 1. The van der Waals surface area contributed by atoms with Crippen molar-refractivity contribution in [3.8, 4) is 62.0 Å². The number of esters is 1. The van der Waals surface area contributed by atoms with Crippen molar-refractivity contribution in [3.63, 3.8) is 0 Å². The summed E-state index contributed by atoms with van der Waals surface area (Å²) in [6, 6.07) is 8.18. The van der Waals surface area contributed by atoms with Crippen LogP contribution in [0.4, 0.5) is 10.5 Å². The molecule has 4 atom stereocenters. The Hall–Kier alpha value is -10.3. The molecule has 2 fully saturated rings. The molecule has 0 saturated carbocycles. The lowest BCUT2D eigenvalue weighted by Crippen LogP contribution is -2.34. The van der Waals surface area contributed by atoms with E-state index >= 15 is 0 Å². The van der Waals surface area contributed by atoms with Crippen LogP contribution in [0.3, 0.4) is 0 Å². The number of fused-ring (bicyclic) bond motifs is 7. The molecule has 13 aromatic rings. The third-order valence-corrected chi connectivity index (χ3v) is 20.6. The molecule has 1 N–H and O–H groups in total. The van der Waals surface area contributed by atoms with Crippen LogP contribution in [-0.2, 0) is 54.2 Å². The third kappa shape index (κ3) is 13.0. The van der Waals surface area contributed by atoms with E-state index < -0.39 is 12.1 Å². The summed E-state index contributed by atoms with van der Waals surface area (Å²) in [7, 11) is 9.24. The second-order valence-corrected chi connectivity index (χ2v) is 26.8. The minimum atomic E-state index is -0.685. The standard InChI is InChI=1S/C27H27N7O3.C26H27BrN6O3.C19H20BrN3O5/c1-5-19-8-18(6-7-36-19)34-24-21-9-20(16-11-29-32(3)13-16)15(2)22(10-28)25(21)37-26(24)23(31-27(34)35)17-12-30-33(4)14-17;1-5-18-8-17(6-7-35-18)33-23-20-9-19(15-10-28-31(3)12-15)14(2)21(27)24(20)36-25(23)22(30-26(33)34)16-11-29-32(4)13-16;1-5-26-18(24)17-15(22-19(25)27-6-2)13-7-12(11-8-21-23(4)9-11)10(3)14(20)16(13)28-17/h9,11-14,18-19H,5-8H2,1-4H3;9-13,17-18H,5-8H2,1-4H3;7-9H,5-6H2,1-4H3,(H,22,25)/t18-,19-;17-,18-;/m00./s1. The Morgan fingerprint density at radius 2 is 0.950 bits per heavy atom. The summed E-state index contributed by atoms with van der Waals surface area (Å²) >= 11 is 7.34. The molecule has 1 amide bonds. The van der Waals surface area contributed by atoms with E-state index in [9.17, 15) is 24.4 Å². The molecule has 2 saturated heterocycles. The van der Waals surface area contributed by atoms with E-state index in [4.69, 9.17) is 32.2 Å². The van der Waals surface area contributed by atoms with E-state index in [2.05, 4.69) is 106 Å². The summed E-state index contributed by atoms with van der Waals surface area (Å²) in [4.78, 5) is 60.9. The van der Waals surface area contributed by atoms with Gasteiger partial charge < -0.3 is 32.2 Å². The smallest absolute Gasteiger partial charge is 0.411 e. The van der Waals surface area contributed by atoms with E-state index in [1.165, 1.54) is 0 Å². The number of benzene rings is 3. The highest BCUT2D eigenvalue weighted by molar-refractivity contribution is 9.11. The zero-order valence-corrected chi connectivity index (χ0v) is 61.0. The van der Waals surface area contributed by atoms with Gasteiger partial charge in [-0.15, -0.1) is 0 Å². The van der Waals surface area contributed by atoms with Crippen LogP contribution < -0.4 is 16.7 Å². The lowest BCUT2D eigenvalue weighted by molar-refractivity contribution is -0.00725. The number of aromatic nitrogens is 14. The lowest BCUT2D eigenvalue weighted by atomic mass is 9.95. The van der Waals surface area contributed by atoms with Crippen LogP contribution >= 0.6 is 31.9 Å². The fraction of sp³-hybridized carbons (Fsp3) is 0.361. The van der Waals surface area contributed by atoms with E-state index in [1.807, 2.05) is 96.8 Å². The number of ether oxygens (including phenoxy) is 4. The molecule has 0 bridgehead atoms. The maximum absolute atomic E-state index is 13.7. The third-order valence-electron chi connectivity index (χ3n) is 18.7. The van der Waals surface area contributed by atoms with Crippen molar-refractivity contribution in [3.05, 3.63) is 138 Å². The Morgan fingerprint density at radius 3 is 1.36 bits per heavy atom. The number of nitrogens with zero attached hydrogens (tertiary/aromatic N) is 15. The average Bonchev–Trinajstić information content (AvgIpc) is 1.58. The highest BCUT2D eigenvalue weighted by Gasteiger charge is 2.34. The number of amides is 1. The zero-order chi connectivity index (χ0) is 71.4. The number of hydrogen-bond donors (Lipinski definition) is 1. The van der Waals surface area contributed by atoms with Crippen molar-refractivity contribution in [2.75, 3.05) is 31.7 Å². The van der Waals surface area contributed by atoms with Crippen LogP contribution in [-0.4, -0.2) is 119 Å². The number of hydrogen-bond acceptors (Lipinski definition) is 19. The number of rotatable bonds is 13. The van der Waals surface area contributed by atoms with Gasteiger partial charge in [0.1, 0.15) is 34.2 Å². The molecule has 0 radical (unpaired) electrons. The van der Waals surface area contributed by atoms with Crippen molar-refractivity contribution in [1.29, 1.82) is 5.26 Å². The molecule has 3 aromatic carbocycles. The van der Waals surface area contributed by atoms with Gasteiger partial charge in [-0.1, -0.05) is 13.8 Å².